The first kappa shape index (κ1) is 11.2. The second kappa shape index (κ2) is 5.14. The van der Waals surface area contributed by atoms with Gasteiger partial charge < -0.3 is 10.4 Å². The van der Waals surface area contributed by atoms with E-state index in [-0.39, 0.29) is 6.04 Å². The van der Waals surface area contributed by atoms with Crippen molar-refractivity contribution in [1.82, 2.24) is 5.32 Å². The molecule has 0 bridgehead atoms. The molecule has 1 aromatic rings. The summed E-state index contributed by atoms with van der Waals surface area (Å²) >= 11 is 7.21. The number of likely N-dealkylation sites (N-methyl/N-ethyl adjacent to an activating group) is 1. The van der Waals surface area contributed by atoms with Crippen LogP contribution in [0.3, 0.4) is 0 Å². The summed E-state index contributed by atoms with van der Waals surface area (Å²) in [5, 5.41) is 11.5. The van der Waals surface area contributed by atoms with Crippen LogP contribution in [-0.2, 0) is 4.79 Å². The number of nitrogens with one attached hydrogen (secondary N) is 1. The van der Waals surface area contributed by atoms with Crippen molar-refractivity contribution in [2.45, 2.75) is 6.04 Å². The van der Waals surface area contributed by atoms with Gasteiger partial charge in [0, 0.05) is 11.0 Å². The Balaban J connectivity index is 2.77. The normalized spacial score (nSPS) is 13.3. The van der Waals surface area contributed by atoms with E-state index in [9.17, 15) is 4.79 Å². The Morgan fingerprint density at radius 2 is 2.43 bits per heavy atom. The SMILES string of the molecule is CNC(/C=C/C(=O)O)c1ccc(Cl)s1. The molecule has 0 amide bonds. The van der Waals surface area contributed by atoms with Crippen LogP contribution in [0.4, 0.5) is 0 Å². The fraction of sp³-hybridized carbons (Fsp3) is 0.222. The minimum atomic E-state index is -0.951. The lowest BCUT2D eigenvalue weighted by molar-refractivity contribution is -0.131. The summed E-state index contributed by atoms with van der Waals surface area (Å²) in [6.07, 6.45) is 2.71. The van der Waals surface area contributed by atoms with E-state index in [1.807, 2.05) is 6.07 Å². The van der Waals surface area contributed by atoms with Crippen LogP contribution in [0, 0.1) is 0 Å². The molecule has 76 valence electrons. The molecule has 0 aliphatic carbocycles. The lowest BCUT2D eigenvalue weighted by atomic mass is 10.2. The number of carboxylic acids is 1. The zero-order valence-corrected chi connectivity index (χ0v) is 9.10. The number of hydrogen-bond acceptors (Lipinski definition) is 3. The van der Waals surface area contributed by atoms with Crippen LogP contribution in [0.2, 0.25) is 4.34 Å². The quantitative estimate of drug-likeness (QED) is 0.782. The summed E-state index contributed by atoms with van der Waals surface area (Å²) in [4.78, 5) is 11.3. The van der Waals surface area contributed by atoms with Crippen molar-refractivity contribution in [3.8, 4) is 0 Å². The van der Waals surface area contributed by atoms with E-state index in [1.54, 1.807) is 19.2 Å². The molecule has 0 saturated carbocycles. The van der Waals surface area contributed by atoms with Crippen LogP contribution in [0.15, 0.2) is 24.3 Å². The number of thiophene rings is 1. The second-order valence-corrected chi connectivity index (χ2v) is 4.35. The van der Waals surface area contributed by atoms with E-state index >= 15 is 0 Å². The molecule has 1 unspecified atom stereocenters. The maximum Gasteiger partial charge on any atom is 0.328 e. The van der Waals surface area contributed by atoms with Crippen molar-refractivity contribution in [3.05, 3.63) is 33.5 Å². The third kappa shape index (κ3) is 3.14. The highest BCUT2D eigenvalue weighted by molar-refractivity contribution is 7.16. The number of carbonyl (C=O) groups is 1. The minimum absolute atomic E-state index is 0.0939. The predicted octanol–water partition coefficient (Wildman–Crippen LogP) is 2.30. The van der Waals surface area contributed by atoms with Gasteiger partial charge in [-0.1, -0.05) is 17.7 Å². The molecule has 5 heteroatoms. The molecular weight excluding hydrogens is 222 g/mol. The Morgan fingerprint density at radius 3 is 2.86 bits per heavy atom. The summed E-state index contributed by atoms with van der Waals surface area (Å²) < 4.78 is 0.698. The van der Waals surface area contributed by atoms with Gasteiger partial charge in [-0.25, -0.2) is 4.79 Å². The van der Waals surface area contributed by atoms with Gasteiger partial charge in [-0.2, -0.15) is 0 Å². The highest BCUT2D eigenvalue weighted by Gasteiger charge is 2.08. The number of hydrogen-bond donors (Lipinski definition) is 2. The van der Waals surface area contributed by atoms with Crippen LogP contribution in [0.25, 0.3) is 0 Å². The van der Waals surface area contributed by atoms with Gasteiger partial charge in [0.25, 0.3) is 0 Å². The van der Waals surface area contributed by atoms with Crippen LogP contribution >= 0.6 is 22.9 Å². The average molecular weight is 232 g/mol. The predicted molar refractivity (Wildman–Crippen MR) is 57.9 cm³/mol. The molecule has 0 spiro atoms. The average Bonchev–Trinajstić information content (AvgIpc) is 2.53. The van der Waals surface area contributed by atoms with Crippen LogP contribution in [0.5, 0.6) is 0 Å². The van der Waals surface area contributed by atoms with Gasteiger partial charge in [-0.3, -0.25) is 0 Å². The molecule has 2 N–H and O–H groups in total. The lowest BCUT2D eigenvalue weighted by Gasteiger charge is -2.07. The lowest BCUT2D eigenvalue weighted by Crippen LogP contribution is -2.12. The molecule has 0 aromatic carbocycles. The molecule has 0 saturated heterocycles. The van der Waals surface area contributed by atoms with Crippen LogP contribution in [0.1, 0.15) is 10.9 Å². The highest BCUT2D eigenvalue weighted by atomic mass is 35.5. The third-order valence-corrected chi connectivity index (χ3v) is 2.96. The van der Waals surface area contributed by atoms with Gasteiger partial charge in [0.05, 0.1) is 10.4 Å². The maximum atomic E-state index is 10.3. The Kier molecular flexibility index (Phi) is 4.13. The number of halogens is 1. The molecule has 1 rings (SSSR count). The van der Waals surface area contributed by atoms with Crippen LogP contribution < -0.4 is 5.32 Å². The molecule has 1 aromatic heterocycles. The Labute approximate surface area is 91.0 Å². The fourth-order valence-corrected chi connectivity index (χ4v) is 2.16. The summed E-state index contributed by atoms with van der Waals surface area (Å²) in [5.41, 5.74) is 0. The van der Waals surface area contributed by atoms with Crippen LogP contribution in [-0.4, -0.2) is 18.1 Å². The fourth-order valence-electron chi connectivity index (χ4n) is 1.01. The molecular formula is C9H10ClNO2S. The Hall–Kier alpha value is -0.840. The zero-order valence-electron chi connectivity index (χ0n) is 7.53. The highest BCUT2D eigenvalue weighted by Crippen LogP contribution is 2.27. The summed E-state index contributed by atoms with van der Waals surface area (Å²) in [5.74, 6) is -0.951. The van der Waals surface area contributed by atoms with Crippen molar-refractivity contribution >= 4 is 28.9 Å². The van der Waals surface area contributed by atoms with E-state index in [2.05, 4.69) is 5.32 Å². The largest absolute Gasteiger partial charge is 0.478 e. The molecule has 0 radical (unpaired) electrons. The van der Waals surface area contributed by atoms with E-state index in [4.69, 9.17) is 16.7 Å². The maximum absolute atomic E-state index is 10.3. The summed E-state index contributed by atoms with van der Waals surface area (Å²) in [7, 11) is 1.77. The van der Waals surface area contributed by atoms with Gasteiger partial charge in [0.2, 0.25) is 0 Å². The van der Waals surface area contributed by atoms with Crippen molar-refractivity contribution in [2.75, 3.05) is 7.05 Å². The summed E-state index contributed by atoms with van der Waals surface area (Å²) in [6.45, 7) is 0. The molecule has 14 heavy (non-hydrogen) atoms. The Morgan fingerprint density at radius 1 is 1.71 bits per heavy atom. The first-order chi connectivity index (χ1) is 6.63. The molecule has 1 atom stereocenters. The molecule has 0 fully saturated rings. The minimum Gasteiger partial charge on any atom is -0.478 e. The van der Waals surface area contributed by atoms with Crippen molar-refractivity contribution < 1.29 is 9.90 Å². The number of carboxylic acid groups (broad SMARTS) is 1. The standard InChI is InChI=1S/C9H10ClNO2S/c1-11-6(2-5-9(12)13)7-3-4-8(10)14-7/h2-6,11H,1H3,(H,12,13)/b5-2+. The molecule has 0 aliphatic heterocycles. The topological polar surface area (TPSA) is 49.3 Å². The molecule has 0 aliphatic rings. The van der Waals surface area contributed by atoms with E-state index in [0.717, 1.165) is 11.0 Å². The third-order valence-electron chi connectivity index (χ3n) is 1.64. The summed E-state index contributed by atoms with van der Waals surface area (Å²) in [6, 6.07) is 3.57. The number of rotatable bonds is 4. The second-order valence-electron chi connectivity index (χ2n) is 2.61. The van der Waals surface area contributed by atoms with Crippen molar-refractivity contribution in [2.24, 2.45) is 0 Å². The van der Waals surface area contributed by atoms with E-state index in [0.29, 0.717) is 4.34 Å². The van der Waals surface area contributed by atoms with Gasteiger partial charge in [0.1, 0.15) is 0 Å². The van der Waals surface area contributed by atoms with Gasteiger partial charge in [-0.05, 0) is 19.2 Å². The smallest absolute Gasteiger partial charge is 0.328 e. The Bertz CT molecular complexity index is 348. The van der Waals surface area contributed by atoms with Gasteiger partial charge in [-0.15, -0.1) is 11.3 Å². The van der Waals surface area contributed by atoms with Crippen molar-refractivity contribution in [3.63, 3.8) is 0 Å². The van der Waals surface area contributed by atoms with Crippen molar-refractivity contribution in [1.29, 1.82) is 0 Å². The zero-order chi connectivity index (χ0) is 10.6. The molecule has 1 heterocycles. The van der Waals surface area contributed by atoms with Gasteiger partial charge in [0.15, 0.2) is 0 Å². The first-order valence-corrected chi connectivity index (χ1v) is 5.16. The number of aliphatic carboxylic acids is 1. The monoisotopic (exact) mass is 231 g/mol. The molecule has 3 nitrogen and oxygen atoms in total. The van der Waals surface area contributed by atoms with Gasteiger partial charge >= 0.3 is 5.97 Å². The van der Waals surface area contributed by atoms with E-state index in [1.165, 1.54) is 11.3 Å². The first-order valence-electron chi connectivity index (χ1n) is 3.97. The van der Waals surface area contributed by atoms with E-state index < -0.39 is 5.97 Å².